The largest absolute Gasteiger partial charge is 0.419 e. The van der Waals surface area contributed by atoms with E-state index in [2.05, 4.69) is 5.32 Å². The molecule has 0 unspecified atom stereocenters. The third-order valence-electron chi connectivity index (χ3n) is 2.09. The summed E-state index contributed by atoms with van der Waals surface area (Å²) in [6.45, 7) is 3.02. The van der Waals surface area contributed by atoms with Crippen molar-refractivity contribution in [1.29, 1.82) is 0 Å². The predicted molar refractivity (Wildman–Crippen MR) is 54.7 cm³/mol. The molecule has 16 heavy (non-hydrogen) atoms. The molecule has 0 aromatic rings. The number of rotatable bonds is 0. The van der Waals surface area contributed by atoms with Gasteiger partial charge in [-0.1, -0.05) is 0 Å². The zero-order valence-corrected chi connectivity index (χ0v) is 8.94. The van der Waals surface area contributed by atoms with E-state index in [0.29, 0.717) is 5.57 Å². The van der Waals surface area contributed by atoms with Crippen molar-refractivity contribution in [1.82, 2.24) is 5.32 Å². The van der Waals surface area contributed by atoms with Crippen molar-refractivity contribution in [2.45, 2.75) is 19.6 Å². The molecule has 0 radical (unpaired) electrons. The topological polar surface area (TPSA) is 64.6 Å². The van der Waals surface area contributed by atoms with Gasteiger partial charge in [0.15, 0.2) is 5.57 Å². The van der Waals surface area contributed by atoms with Gasteiger partial charge in [-0.15, -0.1) is 0 Å². The number of hydrogen-bond acceptors (Lipinski definition) is 5. The molecule has 5 heteroatoms. The van der Waals surface area contributed by atoms with Crippen molar-refractivity contribution < 1.29 is 19.1 Å². The van der Waals surface area contributed by atoms with Gasteiger partial charge in [0.05, 0.1) is 0 Å². The quantitative estimate of drug-likeness (QED) is 0.371. The van der Waals surface area contributed by atoms with Crippen LogP contribution in [0.1, 0.15) is 13.8 Å². The summed E-state index contributed by atoms with van der Waals surface area (Å²) in [6.07, 6.45) is 6.44. The average molecular weight is 221 g/mol. The van der Waals surface area contributed by atoms with E-state index in [4.69, 9.17) is 9.47 Å². The normalized spacial score (nSPS) is 22.6. The second-order valence-electron chi connectivity index (χ2n) is 3.84. The van der Waals surface area contributed by atoms with E-state index < -0.39 is 17.7 Å². The first kappa shape index (κ1) is 10.5. The Morgan fingerprint density at radius 3 is 2.06 bits per heavy atom. The smallest absolute Gasteiger partial charge is 0.349 e. The van der Waals surface area contributed by atoms with Crippen molar-refractivity contribution in [3.63, 3.8) is 0 Å². The summed E-state index contributed by atoms with van der Waals surface area (Å²) in [4.78, 5) is 23.3. The second kappa shape index (κ2) is 3.52. The minimum Gasteiger partial charge on any atom is -0.419 e. The summed E-state index contributed by atoms with van der Waals surface area (Å²) < 4.78 is 9.96. The summed E-state index contributed by atoms with van der Waals surface area (Å²) in [6, 6.07) is 0. The summed E-state index contributed by atoms with van der Waals surface area (Å²) in [5, 5.41) is 2.80. The Hall–Kier alpha value is -2.04. The summed E-state index contributed by atoms with van der Waals surface area (Å²) in [5.74, 6) is -2.52. The molecule has 1 N–H and O–H groups in total. The minimum absolute atomic E-state index is 0.0756. The maximum Gasteiger partial charge on any atom is 0.349 e. The number of dihydropyridines is 1. The van der Waals surface area contributed by atoms with Crippen LogP contribution in [0.5, 0.6) is 0 Å². The third-order valence-corrected chi connectivity index (χ3v) is 2.09. The van der Waals surface area contributed by atoms with Crippen LogP contribution in [0.4, 0.5) is 0 Å². The lowest BCUT2D eigenvalue weighted by molar-refractivity contribution is -0.222. The number of ether oxygens (including phenoxy) is 2. The number of esters is 2. The highest BCUT2D eigenvalue weighted by molar-refractivity contribution is 6.16. The molecule has 0 bridgehead atoms. The van der Waals surface area contributed by atoms with Gasteiger partial charge >= 0.3 is 11.9 Å². The monoisotopic (exact) mass is 221 g/mol. The van der Waals surface area contributed by atoms with E-state index in [1.165, 1.54) is 13.8 Å². The van der Waals surface area contributed by atoms with Crippen LogP contribution in [0.15, 0.2) is 35.7 Å². The highest BCUT2D eigenvalue weighted by atomic mass is 16.7. The van der Waals surface area contributed by atoms with Crippen LogP contribution >= 0.6 is 0 Å². The van der Waals surface area contributed by atoms with Crippen molar-refractivity contribution in [3.05, 3.63) is 35.7 Å². The maximum atomic E-state index is 11.7. The summed E-state index contributed by atoms with van der Waals surface area (Å²) in [5.41, 5.74) is 0.401. The molecule has 5 nitrogen and oxygen atoms in total. The molecular weight excluding hydrogens is 210 g/mol. The molecule has 2 heterocycles. The van der Waals surface area contributed by atoms with E-state index in [1.807, 2.05) is 0 Å². The van der Waals surface area contributed by atoms with Crippen molar-refractivity contribution in [2.75, 3.05) is 0 Å². The van der Waals surface area contributed by atoms with E-state index in [1.54, 1.807) is 24.6 Å². The van der Waals surface area contributed by atoms with Crippen molar-refractivity contribution >= 4 is 11.9 Å². The average Bonchev–Trinajstić information content (AvgIpc) is 2.16. The molecule has 0 saturated carbocycles. The maximum absolute atomic E-state index is 11.7. The van der Waals surface area contributed by atoms with Crippen molar-refractivity contribution in [2.24, 2.45) is 0 Å². The molecule has 0 aromatic carbocycles. The highest BCUT2D eigenvalue weighted by Gasteiger charge is 2.40. The lowest BCUT2D eigenvalue weighted by Gasteiger charge is -2.30. The van der Waals surface area contributed by atoms with Crippen LogP contribution in [0.3, 0.4) is 0 Å². The highest BCUT2D eigenvalue weighted by Crippen LogP contribution is 2.25. The standard InChI is InChI=1S/C11H11NO4/c1-11(2)15-9(13)8(10(14)16-11)7-3-5-12-6-4-7/h3-6,12H,1-2H3. The fourth-order valence-corrected chi connectivity index (χ4v) is 1.44. The van der Waals surface area contributed by atoms with Gasteiger partial charge in [0, 0.05) is 26.2 Å². The molecule has 2 aliphatic rings. The number of hydrogen-bond donors (Lipinski definition) is 1. The molecule has 0 atom stereocenters. The number of nitrogens with one attached hydrogen (secondary N) is 1. The van der Waals surface area contributed by atoms with Crippen LogP contribution in [0.25, 0.3) is 0 Å². The van der Waals surface area contributed by atoms with Crippen LogP contribution < -0.4 is 5.32 Å². The fourth-order valence-electron chi connectivity index (χ4n) is 1.44. The van der Waals surface area contributed by atoms with Crippen LogP contribution in [-0.4, -0.2) is 17.7 Å². The molecule has 0 amide bonds. The Morgan fingerprint density at radius 2 is 1.56 bits per heavy atom. The van der Waals surface area contributed by atoms with Crippen LogP contribution in [0, 0.1) is 0 Å². The number of cyclic esters (lactones) is 2. The molecule has 0 aliphatic carbocycles. The lowest BCUT2D eigenvalue weighted by atomic mass is 10.1. The van der Waals surface area contributed by atoms with Crippen LogP contribution in [0.2, 0.25) is 0 Å². The number of carbonyl (C=O) groups is 2. The zero-order valence-electron chi connectivity index (χ0n) is 8.94. The molecule has 0 aromatic heterocycles. The lowest BCUT2D eigenvalue weighted by Crippen LogP contribution is -2.42. The Balaban J connectivity index is 2.40. The SMILES string of the molecule is CC1(C)OC(=O)C(=C2C=CNC=C2)C(=O)O1. The van der Waals surface area contributed by atoms with Gasteiger partial charge < -0.3 is 14.8 Å². The Morgan fingerprint density at radius 1 is 1.06 bits per heavy atom. The van der Waals surface area contributed by atoms with E-state index in [-0.39, 0.29) is 5.57 Å². The van der Waals surface area contributed by atoms with Gasteiger partial charge in [0.25, 0.3) is 5.79 Å². The molecule has 1 saturated heterocycles. The van der Waals surface area contributed by atoms with E-state index in [9.17, 15) is 9.59 Å². The Labute approximate surface area is 92.4 Å². The molecule has 2 rings (SSSR count). The van der Waals surface area contributed by atoms with Crippen molar-refractivity contribution in [3.8, 4) is 0 Å². The first-order valence-electron chi connectivity index (χ1n) is 4.80. The predicted octanol–water partition coefficient (Wildman–Crippen LogP) is 0.750. The van der Waals surface area contributed by atoms with Gasteiger partial charge in [0.2, 0.25) is 0 Å². The van der Waals surface area contributed by atoms with E-state index >= 15 is 0 Å². The number of carbonyl (C=O) groups excluding carboxylic acids is 2. The first-order chi connectivity index (χ1) is 7.49. The minimum atomic E-state index is -1.20. The second-order valence-corrected chi connectivity index (χ2v) is 3.84. The summed E-state index contributed by atoms with van der Waals surface area (Å²) in [7, 11) is 0. The molecule has 0 spiro atoms. The fraction of sp³-hybridized carbons (Fsp3) is 0.273. The molecular formula is C11H11NO4. The zero-order chi connectivity index (χ0) is 11.8. The number of allylic oxidation sites excluding steroid dienone is 3. The third kappa shape index (κ3) is 1.84. The van der Waals surface area contributed by atoms with Gasteiger partial charge in [-0.05, 0) is 17.7 Å². The Bertz CT molecular complexity index is 407. The first-order valence-corrected chi connectivity index (χ1v) is 4.80. The van der Waals surface area contributed by atoms with E-state index in [0.717, 1.165) is 0 Å². The van der Waals surface area contributed by atoms with Gasteiger partial charge in [-0.2, -0.15) is 0 Å². The van der Waals surface area contributed by atoms with Crippen LogP contribution in [-0.2, 0) is 19.1 Å². The van der Waals surface area contributed by atoms with Gasteiger partial charge in [-0.3, -0.25) is 0 Å². The van der Waals surface area contributed by atoms with Gasteiger partial charge in [0.1, 0.15) is 0 Å². The van der Waals surface area contributed by atoms with Gasteiger partial charge in [-0.25, -0.2) is 9.59 Å². The molecule has 84 valence electrons. The molecule has 2 aliphatic heterocycles. The molecule has 1 fully saturated rings. The Kier molecular flexibility index (Phi) is 2.30. The summed E-state index contributed by atoms with van der Waals surface area (Å²) >= 11 is 0.